The number of aliphatic hydroxyl groups excluding tert-OH is 1. The molecular formula is C15H20N2O2. The Bertz CT molecular complexity index is 496. The molecule has 1 aromatic carbocycles. The third-order valence-corrected chi connectivity index (χ3v) is 3.19. The van der Waals surface area contributed by atoms with Crippen LogP contribution in [-0.2, 0) is 17.7 Å². The molecule has 0 aliphatic heterocycles. The second kappa shape index (κ2) is 6.50. The van der Waals surface area contributed by atoms with E-state index < -0.39 is 6.10 Å². The minimum absolute atomic E-state index is 0.314. The Kier molecular flexibility index (Phi) is 4.71. The SMILES string of the molecule is CCn1cc(CC(O)C(OC)c2ccccc2)cn1. The molecular weight excluding hydrogens is 240 g/mol. The van der Waals surface area contributed by atoms with Gasteiger partial charge in [-0.15, -0.1) is 0 Å². The zero-order valence-corrected chi connectivity index (χ0v) is 11.4. The lowest BCUT2D eigenvalue weighted by molar-refractivity contribution is -0.0128. The molecule has 1 aromatic heterocycles. The largest absolute Gasteiger partial charge is 0.390 e. The topological polar surface area (TPSA) is 47.3 Å². The van der Waals surface area contributed by atoms with Gasteiger partial charge in [-0.25, -0.2) is 0 Å². The van der Waals surface area contributed by atoms with Crippen LogP contribution in [0.4, 0.5) is 0 Å². The van der Waals surface area contributed by atoms with Crippen molar-refractivity contribution in [1.29, 1.82) is 0 Å². The summed E-state index contributed by atoms with van der Waals surface area (Å²) in [6.45, 7) is 2.87. The lowest BCUT2D eigenvalue weighted by atomic mass is 10.00. The average molecular weight is 260 g/mol. The zero-order chi connectivity index (χ0) is 13.7. The van der Waals surface area contributed by atoms with Gasteiger partial charge in [0, 0.05) is 26.3 Å². The van der Waals surface area contributed by atoms with Crippen LogP contribution >= 0.6 is 0 Å². The highest BCUT2D eigenvalue weighted by atomic mass is 16.5. The van der Waals surface area contributed by atoms with E-state index in [1.807, 2.05) is 48.1 Å². The molecule has 0 saturated carbocycles. The van der Waals surface area contributed by atoms with E-state index in [1.54, 1.807) is 13.3 Å². The Labute approximate surface area is 113 Å². The van der Waals surface area contributed by atoms with Gasteiger partial charge in [0.05, 0.1) is 12.3 Å². The van der Waals surface area contributed by atoms with Crippen LogP contribution in [0.15, 0.2) is 42.7 Å². The summed E-state index contributed by atoms with van der Waals surface area (Å²) < 4.78 is 7.28. The number of aryl methyl sites for hydroxylation is 1. The maximum atomic E-state index is 10.3. The van der Waals surface area contributed by atoms with Crippen molar-refractivity contribution < 1.29 is 9.84 Å². The van der Waals surface area contributed by atoms with E-state index in [1.165, 1.54) is 0 Å². The first-order valence-electron chi connectivity index (χ1n) is 6.51. The predicted molar refractivity (Wildman–Crippen MR) is 73.8 cm³/mol. The van der Waals surface area contributed by atoms with Crippen LogP contribution in [0.2, 0.25) is 0 Å². The quantitative estimate of drug-likeness (QED) is 0.866. The molecule has 0 radical (unpaired) electrons. The summed E-state index contributed by atoms with van der Waals surface area (Å²) in [6, 6.07) is 9.78. The van der Waals surface area contributed by atoms with Crippen molar-refractivity contribution in [3.8, 4) is 0 Å². The van der Waals surface area contributed by atoms with E-state index in [0.717, 1.165) is 17.7 Å². The number of rotatable bonds is 6. The molecule has 0 spiro atoms. The van der Waals surface area contributed by atoms with Gasteiger partial charge < -0.3 is 9.84 Å². The highest BCUT2D eigenvalue weighted by Crippen LogP contribution is 2.22. The highest BCUT2D eigenvalue weighted by molar-refractivity contribution is 5.19. The summed E-state index contributed by atoms with van der Waals surface area (Å²) >= 11 is 0. The zero-order valence-electron chi connectivity index (χ0n) is 11.4. The number of benzene rings is 1. The van der Waals surface area contributed by atoms with E-state index in [-0.39, 0.29) is 6.10 Å². The van der Waals surface area contributed by atoms with Crippen molar-refractivity contribution in [3.63, 3.8) is 0 Å². The van der Waals surface area contributed by atoms with Gasteiger partial charge in [0.15, 0.2) is 0 Å². The van der Waals surface area contributed by atoms with Gasteiger partial charge in [-0.05, 0) is 18.1 Å². The number of methoxy groups -OCH3 is 1. The molecule has 19 heavy (non-hydrogen) atoms. The highest BCUT2D eigenvalue weighted by Gasteiger charge is 2.21. The van der Waals surface area contributed by atoms with Crippen molar-refractivity contribution in [3.05, 3.63) is 53.9 Å². The maximum Gasteiger partial charge on any atom is 0.108 e. The monoisotopic (exact) mass is 260 g/mol. The Morgan fingerprint density at radius 1 is 1.32 bits per heavy atom. The Hall–Kier alpha value is -1.65. The Morgan fingerprint density at radius 2 is 2.05 bits per heavy atom. The van der Waals surface area contributed by atoms with E-state index in [0.29, 0.717) is 6.42 Å². The standard InChI is InChI=1S/C15H20N2O2/c1-3-17-11-12(10-16-17)9-14(18)15(19-2)13-7-5-4-6-8-13/h4-8,10-11,14-15,18H,3,9H2,1-2H3. The summed E-state index contributed by atoms with van der Waals surface area (Å²) in [7, 11) is 1.62. The van der Waals surface area contributed by atoms with Crippen molar-refractivity contribution in [2.45, 2.75) is 32.1 Å². The molecule has 1 N–H and O–H groups in total. The minimum atomic E-state index is -0.582. The Balaban J connectivity index is 2.06. The summed E-state index contributed by atoms with van der Waals surface area (Å²) in [5, 5.41) is 14.5. The molecule has 0 bridgehead atoms. The lowest BCUT2D eigenvalue weighted by Crippen LogP contribution is -2.22. The molecule has 2 rings (SSSR count). The molecule has 0 amide bonds. The lowest BCUT2D eigenvalue weighted by Gasteiger charge is -2.21. The number of aliphatic hydroxyl groups is 1. The molecule has 0 aliphatic carbocycles. The summed E-state index contributed by atoms with van der Waals surface area (Å²) in [4.78, 5) is 0. The van der Waals surface area contributed by atoms with Crippen LogP contribution in [-0.4, -0.2) is 28.1 Å². The van der Waals surface area contributed by atoms with Crippen LogP contribution in [0, 0.1) is 0 Å². The summed E-state index contributed by atoms with van der Waals surface area (Å²) in [5.74, 6) is 0. The number of nitrogens with zero attached hydrogens (tertiary/aromatic N) is 2. The first kappa shape index (κ1) is 13.8. The number of hydrogen-bond acceptors (Lipinski definition) is 3. The smallest absolute Gasteiger partial charge is 0.108 e. The van der Waals surface area contributed by atoms with Crippen molar-refractivity contribution >= 4 is 0 Å². The fourth-order valence-electron chi connectivity index (χ4n) is 2.19. The molecule has 4 heteroatoms. The first-order chi connectivity index (χ1) is 9.24. The molecule has 4 nitrogen and oxygen atoms in total. The molecule has 2 aromatic rings. The van der Waals surface area contributed by atoms with Gasteiger partial charge in [0.2, 0.25) is 0 Å². The molecule has 102 valence electrons. The Morgan fingerprint density at radius 3 is 2.63 bits per heavy atom. The first-order valence-corrected chi connectivity index (χ1v) is 6.51. The van der Waals surface area contributed by atoms with Gasteiger partial charge in [-0.2, -0.15) is 5.10 Å². The van der Waals surface area contributed by atoms with E-state index in [2.05, 4.69) is 5.10 Å². The van der Waals surface area contributed by atoms with Crippen LogP contribution in [0.3, 0.4) is 0 Å². The fraction of sp³-hybridized carbons (Fsp3) is 0.400. The number of ether oxygens (including phenoxy) is 1. The summed E-state index contributed by atoms with van der Waals surface area (Å²) in [6.07, 6.45) is 3.40. The van der Waals surface area contributed by atoms with E-state index in [4.69, 9.17) is 4.74 Å². The number of hydrogen-bond donors (Lipinski definition) is 1. The third-order valence-electron chi connectivity index (χ3n) is 3.19. The number of aromatic nitrogens is 2. The molecule has 2 atom stereocenters. The van der Waals surface area contributed by atoms with Crippen LogP contribution < -0.4 is 0 Å². The van der Waals surface area contributed by atoms with Crippen LogP contribution in [0.25, 0.3) is 0 Å². The van der Waals surface area contributed by atoms with Crippen molar-refractivity contribution in [1.82, 2.24) is 9.78 Å². The molecule has 2 unspecified atom stereocenters. The van der Waals surface area contributed by atoms with Crippen LogP contribution in [0.1, 0.15) is 24.2 Å². The second-order valence-electron chi connectivity index (χ2n) is 4.54. The fourth-order valence-corrected chi connectivity index (χ4v) is 2.19. The normalized spacial score (nSPS) is 14.3. The maximum absolute atomic E-state index is 10.3. The van der Waals surface area contributed by atoms with Gasteiger partial charge >= 0.3 is 0 Å². The third kappa shape index (κ3) is 3.43. The molecule has 0 fully saturated rings. The second-order valence-corrected chi connectivity index (χ2v) is 4.54. The van der Waals surface area contributed by atoms with E-state index in [9.17, 15) is 5.11 Å². The minimum Gasteiger partial charge on any atom is -0.390 e. The van der Waals surface area contributed by atoms with Gasteiger partial charge in [-0.1, -0.05) is 30.3 Å². The molecule has 0 aliphatic rings. The van der Waals surface area contributed by atoms with E-state index >= 15 is 0 Å². The summed E-state index contributed by atoms with van der Waals surface area (Å²) in [5.41, 5.74) is 2.01. The molecule has 0 saturated heterocycles. The predicted octanol–water partition coefficient (Wildman–Crippen LogP) is 2.19. The van der Waals surface area contributed by atoms with Gasteiger partial charge in [0.1, 0.15) is 6.10 Å². The molecule has 1 heterocycles. The average Bonchev–Trinajstić information content (AvgIpc) is 2.88. The van der Waals surface area contributed by atoms with Crippen molar-refractivity contribution in [2.24, 2.45) is 0 Å². The van der Waals surface area contributed by atoms with Crippen LogP contribution in [0.5, 0.6) is 0 Å². The van der Waals surface area contributed by atoms with Crippen molar-refractivity contribution in [2.75, 3.05) is 7.11 Å². The van der Waals surface area contributed by atoms with Gasteiger partial charge in [-0.3, -0.25) is 4.68 Å². The van der Waals surface area contributed by atoms with Gasteiger partial charge in [0.25, 0.3) is 0 Å².